The number of hydrogen-bond acceptors (Lipinski definition) is 4. The van der Waals surface area contributed by atoms with Gasteiger partial charge in [0.15, 0.2) is 0 Å². The zero-order chi connectivity index (χ0) is 23.2. The summed E-state index contributed by atoms with van der Waals surface area (Å²) in [6.45, 7) is 0.874. The molecule has 0 bridgehead atoms. The molecule has 0 saturated carbocycles. The molecule has 6 nitrogen and oxygen atoms in total. The third kappa shape index (κ3) is 5.74. The molecule has 0 spiro atoms. The fraction of sp³-hybridized carbons (Fsp3) is 0.240. The smallest absolute Gasteiger partial charge is 0.258 e. The van der Waals surface area contributed by atoms with E-state index in [0.29, 0.717) is 13.2 Å². The van der Waals surface area contributed by atoms with Gasteiger partial charge >= 0.3 is 0 Å². The van der Waals surface area contributed by atoms with Crippen LogP contribution in [0.3, 0.4) is 0 Å². The van der Waals surface area contributed by atoms with Gasteiger partial charge in [-0.3, -0.25) is 14.6 Å². The van der Waals surface area contributed by atoms with E-state index in [1.165, 1.54) is 23.1 Å². The van der Waals surface area contributed by atoms with Gasteiger partial charge in [0.25, 0.3) is 5.91 Å². The Balaban J connectivity index is 1.57. The van der Waals surface area contributed by atoms with Crippen LogP contribution in [0.15, 0.2) is 73.1 Å². The van der Waals surface area contributed by atoms with E-state index in [9.17, 15) is 14.0 Å². The van der Waals surface area contributed by atoms with Gasteiger partial charge in [0.05, 0.1) is 23.3 Å². The third-order valence-corrected chi connectivity index (χ3v) is 5.73. The highest BCUT2D eigenvalue weighted by molar-refractivity contribution is 6.33. The lowest BCUT2D eigenvalue weighted by Gasteiger charge is -2.25. The molecule has 0 aliphatic carbocycles. The van der Waals surface area contributed by atoms with Gasteiger partial charge < -0.3 is 14.5 Å². The van der Waals surface area contributed by atoms with E-state index >= 15 is 0 Å². The second kappa shape index (κ2) is 10.6. The molecule has 33 heavy (non-hydrogen) atoms. The highest BCUT2D eigenvalue weighted by atomic mass is 35.5. The van der Waals surface area contributed by atoms with E-state index in [2.05, 4.69) is 4.98 Å². The molecule has 2 aromatic carbocycles. The molecular formula is C25H23ClFN3O3. The van der Waals surface area contributed by atoms with E-state index in [1.54, 1.807) is 23.4 Å². The van der Waals surface area contributed by atoms with E-state index in [-0.39, 0.29) is 36.1 Å². The zero-order valence-corrected chi connectivity index (χ0v) is 18.6. The Morgan fingerprint density at radius 2 is 1.85 bits per heavy atom. The Morgan fingerprint density at radius 1 is 1.06 bits per heavy atom. The summed E-state index contributed by atoms with van der Waals surface area (Å²) >= 11 is 6.11. The molecule has 1 aliphatic heterocycles. The molecule has 1 atom stereocenters. The number of halogens is 2. The first-order valence-corrected chi connectivity index (χ1v) is 10.9. The maximum absolute atomic E-state index is 14.4. The molecule has 170 valence electrons. The number of ether oxygens (including phenoxy) is 1. The number of nitrogens with zero attached hydrogens (tertiary/aromatic N) is 3. The van der Waals surface area contributed by atoms with Gasteiger partial charge in [0.1, 0.15) is 12.4 Å². The van der Waals surface area contributed by atoms with Crippen molar-refractivity contribution >= 4 is 23.4 Å². The highest BCUT2D eigenvalue weighted by Gasteiger charge is 2.33. The number of pyridine rings is 1. The second-order valence-electron chi connectivity index (χ2n) is 7.84. The molecule has 2 amide bonds. The van der Waals surface area contributed by atoms with Crippen molar-refractivity contribution in [3.63, 3.8) is 0 Å². The quantitative estimate of drug-likeness (QED) is 0.551. The largest absolute Gasteiger partial charge is 0.370 e. The Labute approximate surface area is 196 Å². The molecule has 0 unspecified atom stereocenters. The summed E-state index contributed by atoms with van der Waals surface area (Å²) in [5, 5.41) is 0.00525. The van der Waals surface area contributed by atoms with Crippen LogP contribution >= 0.6 is 11.6 Å². The maximum Gasteiger partial charge on any atom is 0.258 e. The number of aromatic nitrogens is 1. The third-order valence-electron chi connectivity index (χ3n) is 5.42. The van der Waals surface area contributed by atoms with Gasteiger partial charge in [0.2, 0.25) is 5.91 Å². The lowest BCUT2D eigenvalue weighted by Crippen LogP contribution is -2.40. The molecule has 1 aliphatic rings. The van der Waals surface area contributed by atoms with Gasteiger partial charge in [0, 0.05) is 32.0 Å². The van der Waals surface area contributed by atoms with Gasteiger partial charge in [-0.15, -0.1) is 0 Å². The minimum atomic E-state index is -0.724. The van der Waals surface area contributed by atoms with Crippen molar-refractivity contribution in [2.24, 2.45) is 0 Å². The Hall–Kier alpha value is -3.29. The first-order valence-electron chi connectivity index (χ1n) is 10.6. The maximum atomic E-state index is 14.4. The lowest BCUT2D eigenvalue weighted by atomic mass is 10.1. The summed E-state index contributed by atoms with van der Waals surface area (Å²) in [4.78, 5) is 33.3. The molecule has 1 fully saturated rings. The normalized spacial score (nSPS) is 16.5. The number of benzene rings is 2. The standard InChI is InChI=1S/C25H23ClFN3O3/c26-21-9-4-10-22(27)24(21)25(32)30-15-20(33-17-18-6-2-1-3-7-18)14-29(23(31)16-30)13-19-8-5-11-28-12-19/h1-12,20H,13-17H2/t20-/m1/s1. The molecule has 3 aromatic rings. The zero-order valence-electron chi connectivity index (χ0n) is 17.9. The van der Waals surface area contributed by atoms with Crippen molar-refractivity contribution in [3.05, 3.63) is 101 Å². The van der Waals surface area contributed by atoms with E-state index < -0.39 is 17.8 Å². The van der Waals surface area contributed by atoms with Crippen LogP contribution in [-0.2, 0) is 22.7 Å². The summed E-state index contributed by atoms with van der Waals surface area (Å²) in [5.41, 5.74) is 1.60. The molecule has 8 heteroatoms. The van der Waals surface area contributed by atoms with Gasteiger partial charge in [-0.25, -0.2) is 4.39 Å². The predicted octanol–water partition coefficient (Wildman–Crippen LogP) is 3.94. The molecule has 0 N–H and O–H groups in total. The number of amides is 2. The van der Waals surface area contributed by atoms with Crippen molar-refractivity contribution in [1.82, 2.24) is 14.8 Å². The monoisotopic (exact) mass is 467 g/mol. The lowest BCUT2D eigenvalue weighted by molar-refractivity contribution is -0.132. The van der Waals surface area contributed by atoms with Crippen LogP contribution in [0.4, 0.5) is 4.39 Å². The molecular weight excluding hydrogens is 445 g/mol. The second-order valence-corrected chi connectivity index (χ2v) is 8.24. The van der Waals surface area contributed by atoms with Crippen molar-refractivity contribution < 1.29 is 18.7 Å². The SMILES string of the molecule is O=C1CN(C(=O)c2c(F)cccc2Cl)C[C@H](OCc2ccccc2)CN1Cc1cccnc1. The van der Waals surface area contributed by atoms with Crippen LogP contribution in [0.2, 0.25) is 5.02 Å². The van der Waals surface area contributed by atoms with Gasteiger partial charge in [-0.1, -0.05) is 54.1 Å². The summed E-state index contributed by atoms with van der Waals surface area (Å²) in [7, 11) is 0. The first kappa shape index (κ1) is 22.9. The summed E-state index contributed by atoms with van der Waals surface area (Å²) < 4.78 is 20.5. The minimum Gasteiger partial charge on any atom is -0.370 e. The summed E-state index contributed by atoms with van der Waals surface area (Å²) in [6.07, 6.45) is 2.89. The summed E-state index contributed by atoms with van der Waals surface area (Å²) in [5.74, 6) is -1.62. The van der Waals surface area contributed by atoms with Crippen LogP contribution in [0.5, 0.6) is 0 Å². The topological polar surface area (TPSA) is 62.7 Å². The van der Waals surface area contributed by atoms with Crippen molar-refractivity contribution in [1.29, 1.82) is 0 Å². The Morgan fingerprint density at radius 3 is 2.58 bits per heavy atom. The number of hydrogen-bond donors (Lipinski definition) is 0. The molecule has 0 radical (unpaired) electrons. The Bertz CT molecular complexity index is 1090. The molecule has 1 saturated heterocycles. The molecule has 1 aromatic heterocycles. The van der Waals surface area contributed by atoms with E-state index in [4.69, 9.17) is 16.3 Å². The van der Waals surface area contributed by atoms with Gasteiger partial charge in [-0.2, -0.15) is 0 Å². The van der Waals surface area contributed by atoms with Crippen LogP contribution < -0.4 is 0 Å². The fourth-order valence-electron chi connectivity index (χ4n) is 3.75. The van der Waals surface area contributed by atoms with E-state index in [0.717, 1.165) is 11.1 Å². The number of carbonyl (C=O) groups excluding carboxylic acids is 2. The van der Waals surface area contributed by atoms with Gasteiger partial charge in [-0.05, 0) is 29.3 Å². The fourth-order valence-corrected chi connectivity index (χ4v) is 4.00. The average molecular weight is 468 g/mol. The predicted molar refractivity (Wildman–Crippen MR) is 122 cm³/mol. The summed E-state index contributed by atoms with van der Waals surface area (Å²) in [6, 6.07) is 17.4. The number of rotatable bonds is 6. The minimum absolute atomic E-state index is 0.00525. The van der Waals surface area contributed by atoms with Crippen molar-refractivity contribution in [3.8, 4) is 0 Å². The first-order chi connectivity index (χ1) is 16.0. The Kier molecular flexibility index (Phi) is 7.32. The van der Waals surface area contributed by atoms with Crippen LogP contribution in [0.1, 0.15) is 21.5 Å². The van der Waals surface area contributed by atoms with Crippen LogP contribution in [-0.4, -0.2) is 52.3 Å². The van der Waals surface area contributed by atoms with E-state index in [1.807, 2.05) is 36.4 Å². The van der Waals surface area contributed by atoms with Crippen molar-refractivity contribution in [2.75, 3.05) is 19.6 Å². The van der Waals surface area contributed by atoms with Crippen LogP contribution in [0.25, 0.3) is 0 Å². The molecule has 4 rings (SSSR count). The van der Waals surface area contributed by atoms with Crippen LogP contribution in [0, 0.1) is 5.82 Å². The highest BCUT2D eigenvalue weighted by Crippen LogP contribution is 2.23. The van der Waals surface area contributed by atoms with Crippen molar-refractivity contribution in [2.45, 2.75) is 19.3 Å². The number of carbonyl (C=O) groups is 2. The molecule has 2 heterocycles. The average Bonchev–Trinajstić information content (AvgIpc) is 2.97.